The largest absolute Gasteiger partial charge is 0.461 e. The minimum atomic E-state index is -0.347. The Morgan fingerprint density at radius 3 is 2.38 bits per heavy atom. The number of alkyl halides is 1. The minimum Gasteiger partial charge on any atom is -0.461 e. The number of anilines is 2. The summed E-state index contributed by atoms with van der Waals surface area (Å²) in [5, 5.41) is 5.57. The Balaban J connectivity index is 1.49. The Labute approximate surface area is 147 Å². The van der Waals surface area contributed by atoms with Crippen molar-refractivity contribution in [2.45, 2.75) is 24.3 Å². The summed E-state index contributed by atoms with van der Waals surface area (Å²) in [6, 6.07) is 6.92. The van der Waals surface area contributed by atoms with Crippen LogP contribution in [0.1, 0.15) is 13.3 Å². The van der Waals surface area contributed by atoms with Crippen LogP contribution in [0.4, 0.5) is 11.4 Å². The van der Waals surface area contributed by atoms with E-state index in [0.29, 0.717) is 11.4 Å². The van der Waals surface area contributed by atoms with E-state index in [-0.39, 0.29) is 52.4 Å². The first-order valence-electron chi connectivity index (χ1n) is 7.99. The molecule has 3 aliphatic rings. The lowest BCUT2D eigenvalue weighted by atomic mass is 9.79. The second-order valence-corrected chi connectivity index (χ2v) is 7.77. The third-order valence-corrected chi connectivity index (χ3v) is 6.50. The smallest absolute Gasteiger partial charge is 0.310 e. The summed E-state index contributed by atoms with van der Waals surface area (Å²) in [5.41, 5.74) is 1.31. The van der Waals surface area contributed by atoms with Crippen LogP contribution < -0.4 is 10.6 Å². The number of esters is 1. The van der Waals surface area contributed by atoms with Crippen molar-refractivity contribution in [2.75, 3.05) is 10.6 Å². The molecule has 6 atom stereocenters. The molecule has 6 nitrogen and oxygen atoms in total. The number of carbonyl (C=O) groups is 3. The van der Waals surface area contributed by atoms with Crippen molar-refractivity contribution < 1.29 is 19.1 Å². The number of rotatable bonds is 3. The summed E-state index contributed by atoms with van der Waals surface area (Å²) in [7, 11) is 0. The zero-order chi connectivity index (χ0) is 17.0. The van der Waals surface area contributed by atoms with Crippen molar-refractivity contribution in [1.29, 1.82) is 0 Å². The monoisotopic (exact) mass is 392 g/mol. The van der Waals surface area contributed by atoms with Gasteiger partial charge in [-0.15, -0.1) is 0 Å². The van der Waals surface area contributed by atoms with Crippen LogP contribution in [0, 0.1) is 23.7 Å². The van der Waals surface area contributed by atoms with Gasteiger partial charge in [0.1, 0.15) is 6.10 Å². The van der Waals surface area contributed by atoms with E-state index in [0.717, 1.165) is 6.42 Å². The van der Waals surface area contributed by atoms with E-state index in [9.17, 15) is 14.4 Å². The normalized spacial score (nSPS) is 35.7. The molecule has 1 aromatic carbocycles. The summed E-state index contributed by atoms with van der Waals surface area (Å²) in [5.74, 6) is -0.892. The highest BCUT2D eigenvalue weighted by atomic mass is 79.9. The van der Waals surface area contributed by atoms with Crippen LogP contribution in [0.5, 0.6) is 0 Å². The van der Waals surface area contributed by atoms with Gasteiger partial charge in [0.05, 0.1) is 16.7 Å². The Morgan fingerprint density at radius 1 is 1.12 bits per heavy atom. The molecule has 1 saturated heterocycles. The van der Waals surface area contributed by atoms with E-state index >= 15 is 0 Å². The van der Waals surface area contributed by atoms with Crippen molar-refractivity contribution in [2.24, 2.45) is 23.7 Å². The van der Waals surface area contributed by atoms with Gasteiger partial charge in [0.25, 0.3) is 0 Å². The highest BCUT2D eigenvalue weighted by Crippen LogP contribution is 2.60. The lowest BCUT2D eigenvalue weighted by molar-refractivity contribution is -0.145. The zero-order valence-corrected chi connectivity index (χ0v) is 14.6. The van der Waals surface area contributed by atoms with Gasteiger partial charge in [-0.1, -0.05) is 15.9 Å². The highest BCUT2D eigenvalue weighted by molar-refractivity contribution is 9.09. The van der Waals surface area contributed by atoms with E-state index in [1.807, 2.05) is 0 Å². The molecule has 2 bridgehead atoms. The zero-order valence-electron chi connectivity index (χ0n) is 13.0. The summed E-state index contributed by atoms with van der Waals surface area (Å²) in [4.78, 5) is 35.9. The van der Waals surface area contributed by atoms with Gasteiger partial charge in [-0.3, -0.25) is 14.4 Å². The number of ether oxygens (including phenoxy) is 1. The van der Waals surface area contributed by atoms with Crippen molar-refractivity contribution in [1.82, 2.24) is 0 Å². The summed E-state index contributed by atoms with van der Waals surface area (Å²) in [6.45, 7) is 1.44. The SMILES string of the molecule is CC(=O)Nc1ccc(NC(=O)[C@@H]2[C@H]3C[C@H]4[C@H](OC(=O)[C@H]42)[C@@H]3Br)cc1. The number of nitrogens with one attached hydrogen (secondary N) is 2. The van der Waals surface area contributed by atoms with E-state index in [4.69, 9.17) is 4.74 Å². The van der Waals surface area contributed by atoms with Crippen LogP contribution in [-0.2, 0) is 19.1 Å². The molecular weight excluding hydrogens is 376 g/mol. The minimum absolute atomic E-state index is 0.0584. The molecular formula is C17H17BrN2O4. The van der Waals surface area contributed by atoms with Crippen LogP contribution >= 0.6 is 15.9 Å². The molecule has 1 heterocycles. The molecule has 0 radical (unpaired) electrons. The molecule has 2 saturated carbocycles. The molecule has 7 heteroatoms. The van der Waals surface area contributed by atoms with Gasteiger partial charge in [0.15, 0.2) is 0 Å². The van der Waals surface area contributed by atoms with Gasteiger partial charge >= 0.3 is 5.97 Å². The Kier molecular flexibility index (Phi) is 3.63. The van der Waals surface area contributed by atoms with Crippen molar-refractivity contribution in [3.05, 3.63) is 24.3 Å². The first-order valence-corrected chi connectivity index (χ1v) is 8.90. The first-order chi connectivity index (χ1) is 11.5. The quantitative estimate of drug-likeness (QED) is 0.609. The lowest BCUT2D eigenvalue weighted by Gasteiger charge is -2.27. The maximum Gasteiger partial charge on any atom is 0.310 e. The van der Waals surface area contributed by atoms with Gasteiger partial charge in [0.2, 0.25) is 11.8 Å². The molecule has 4 rings (SSSR count). The summed E-state index contributed by atoms with van der Waals surface area (Å²) >= 11 is 3.61. The Bertz CT molecular complexity index is 720. The Morgan fingerprint density at radius 2 is 1.75 bits per heavy atom. The van der Waals surface area contributed by atoms with E-state index < -0.39 is 0 Å². The van der Waals surface area contributed by atoms with E-state index in [1.54, 1.807) is 24.3 Å². The van der Waals surface area contributed by atoms with E-state index in [2.05, 4.69) is 26.6 Å². The standard InChI is InChI=1S/C17H17BrN2O4/c1-7(21)19-8-2-4-9(5-3-8)20-16(22)12-10-6-11-13(12)17(23)24-15(11)14(10)18/h2-5,10-15H,6H2,1H3,(H,19,21)(H,20,22)/t10-,11-,12-,13-,14-,15+/m1/s1. The Hall–Kier alpha value is -1.89. The van der Waals surface area contributed by atoms with Gasteiger partial charge < -0.3 is 15.4 Å². The number of fused-ring (bicyclic) bond motifs is 1. The van der Waals surface area contributed by atoms with Crippen LogP contribution in [0.15, 0.2) is 24.3 Å². The molecule has 2 amide bonds. The van der Waals surface area contributed by atoms with Crippen molar-refractivity contribution in [3.8, 4) is 0 Å². The molecule has 0 aromatic heterocycles. The summed E-state index contributed by atoms with van der Waals surface area (Å²) < 4.78 is 5.43. The maximum absolute atomic E-state index is 12.7. The number of hydrogen-bond acceptors (Lipinski definition) is 4. The number of benzene rings is 1. The number of halogens is 1. The fourth-order valence-electron chi connectivity index (χ4n) is 4.40. The molecule has 1 aliphatic heterocycles. The molecule has 126 valence electrons. The van der Waals surface area contributed by atoms with Crippen LogP contribution in [0.25, 0.3) is 0 Å². The maximum atomic E-state index is 12.7. The third kappa shape index (κ3) is 2.33. The summed E-state index contributed by atoms with van der Waals surface area (Å²) in [6.07, 6.45) is 0.782. The predicted octanol–water partition coefficient (Wildman–Crippen LogP) is 2.15. The molecule has 0 unspecified atom stereocenters. The highest BCUT2D eigenvalue weighted by Gasteiger charge is 2.67. The number of carbonyl (C=O) groups excluding carboxylic acids is 3. The van der Waals surface area contributed by atoms with Crippen LogP contribution in [0.2, 0.25) is 0 Å². The molecule has 2 N–H and O–H groups in total. The van der Waals surface area contributed by atoms with Crippen molar-refractivity contribution >= 4 is 45.1 Å². The molecule has 0 spiro atoms. The number of hydrogen-bond donors (Lipinski definition) is 2. The second kappa shape index (κ2) is 5.58. The molecule has 2 aliphatic carbocycles. The number of amides is 2. The van der Waals surface area contributed by atoms with Crippen molar-refractivity contribution in [3.63, 3.8) is 0 Å². The first kappa shape index (κ1) is 15.6. The second-order valence-electron chi connectivity index (χ2n) is 6.71. The van der Waals surface area contributed by atoms with Gasteiger partial charge in [-0.05, 0) is 36.6 Å². The predicted molar refractivity (Wildman–Crippen MR) is 90.5 cm³/mol. The fraction of sp³-hybridized carbons (Fsp3) is 0.471. The molecule has 24 heavy (non-hydrogen) atoms. The molecule has 3 fully saturated rings. The van der Waals surface area contributed by atoms with Gasteiger partial charge in [0, 0.05) is 24.2 Å². The lowest BCUT2D eigenvalue weighted by Crippen LogP contribution is -2.40. The van der Waals surface area contributed by atoms with Crippen LogP contribution in [0.3, 0.4) is 0 Å². The topological polar surface area (TPSA) is 84.5 Å². The van der Waals surface area contributed by atoms with Crippen LogP contribution in [-0.4, -0.2) is 28.7 Å². The average Bonchev–Trinajstić information content (AvgIpc) is 3.13. The average molecular weight is 393 g/mol. The fourth-order valence-corrected chi connectivity index (χ4v) is 5.44. The van der Waals surface area contributed by atoms with Gasteiger partial charge in [-0.25, -0.2) is 0 Å². The van der Waals surface area contributed by atoms with Gasteiger partial charge in [-0.2, -0.15) is 0 Å². The third-order valence-electron chi connectivity index (χ3n) is 5.30. The molecule has 1 aromatic rings. The van der Waals surface area contributed by atoms with E-state index in [1.165, 1.54) is 6.92 Å².